The van der Waals surface area contributed by atoms with E-state index in [9.17, 15) is 13.2 Å². The number of fused-ring (bicyclic) bond motifs is 2. The SMILES string of the molecule is COc1ccc(Cl)c2sc(N(Cc3ccco3)C(=O)c3ccc(S(=O)(=O)N4CCc5ccccc54)cc3)nc12. The number of furan rings is 1. The van der Waals surface area contributed by atoms with Gasteiger partial charge in [-0.1, -0.05) is 41.1 Å². The monoisotopic (exact) mass is 579 g/mol. The Kier molecular flexibility index (Phi) is 6.54. The number of carbonyl (C=O) groups is 1. The van der Waals surface area contributed by atoms with Crippen LogP contribution in [0.2, 0.25) is 5.02 Å². The van der Waals surface area contributed by atoms with Crippen molar-refractivity contribution in [3.8, 4) is 5.75 Å². The van der Waals surface area contributed by atoms with Gasteiger partial charge in [0.2, 0.25) is 0 Å². The number of nitrogens with zero attached hydrogens (tertiary/aromatic N) is 3. The number of hydrogen-bond donors (Lipinski definition) is 0. The minimum atomic E-state index is -3.78. The number of methoxy groups -OCH3 is 1. The maximum Gasteiger partial charge on any atom is 0.264 e. The molecule has 0 radical (unpaired) electrons. The second-order valence-corrected chi connectivity index (χ2v) is 12.1. The molecule has 5 aromatic rings. The van der Waals surface area contributed by atoms with Crippen molar-refractivity contribution < 1.29 is 22.4 Å². The predicted molar refractivity (Wildman–Crippen MR) is 152 cm³/mol. The summed E-state index contributed by atoms with van der Waals surface area (Å²) in [5, 5.41) is 0.904. The molecule has 2 aromatic heterocycles. The van der Waals surface area contributed by atoms with E-state index in [-0.39, 0.29) is 17.3 Å². The summed E-state index contributed by atoms with van der Waals surface area (Å²) in [6.45, 7) is 0.499. The molecule has 0 atom stereocenters. The maximum absolute atomic E-state index is 13.8. The van der Waals surface area contributed by atoms with Gasteiger partial charge in [-0.15, -0.1) is 0 Å². The third-order valence-electron chi connectivity index (χ3n) is 6.57. The molecule has 198 valence electrons. The first-order valence-corrected chi connectivity index (χ1v) is 14.7. The minimum Gasteiger partial charge on any atom is -0.494 e. The fraction of sp³-hybridized carbons (Fsp3) is 0.143. The molecule has 3 heterocycles. The van der Waals surface area contributed by atoms with Crippen molar-refractivity contribution >= 4 is 59.9 Å². The highest BCUT2D eigenvalue weighted by Gasteiger charge is 2.31. The molecule has 0 unspecified atom stereocenters. The van der Waals surface area contributed by atoms with Crippen LogP contribution in [0.15, 0.2) is 88.4 Å². The number of rotatable bonds is 7. The molecule has 1 aliphatic rings. The van der Waals surface area contributed by atoms with Crippen molar-refractivity contribution in [1.29, 1.82) is 0 Å². The van der Waals surface area contributed by atoms with Gasteiger partial charge < -0.3 is 9.15 Å². The van der Waals surface area contributed by atoms with Gasteiger partial charge >= 0.3 is 0 Å². The van der Waals surface area contributed by atoms with Gasteiger partial charge in [0, 0.05) is 12.1 Å². The molecule has 3 aromatic carbocycles. The molecule has 1 amide bonds. The third kappa shape index (κ3) is 4.54. The topological polar surface area (TPSA) is 92.9 Å². The standard InChI is InChI=1S/C28H22ClN3O5S2/c1-36-24-13-12-22(29)26-25(24)30-28(38-26)31(17-20-6-4-16-37-20)27(33)19-8-10-21(11-9-19)39(34,35)32-15-14-18-5-2-3-7-23(18)32/h2-13,16H,14-15,17H2,1H3. The quantitative estimate of drug-likeness (QED) is 0.230. The van der Waals surface area contributed by atoms with Crippen LogP contribution in [-0.2, 0) is 23.0 Å². The molecule has 1 aliphatic heterocycles. The van der Waals surface area contributed by atoms with Gasteiger partial charge in [-0.05, 0) is 66.6 Å². The highest BCUT2D eigenvalue weighted by Crippen LogP contribution is 2.39. The maximum atomic E-state index is 13.8. The third-order valence-corrected chi connectivity index (χ3v) is 9.94. The van der Waals surface area contributed by atoms with Gasteiger partial charge in [0.1, 0.15) is 17.0 Å². The summed E-state index contributed by atoms with van der Waals surface area (Å²) < 4.78 is 39.9. The number of para-hydroxylation sites is 1. The number of halogens is 1. The predicted octanol–water partition coefficient (Wildman–Crippen LogP) is 6.15. The molecule has 0 spiro atoms. The molecule has 8 nitrogen and oxygen atoms in total. The molecule has 39 heavy (non-hydrogen) atoms. The normalized spacial score (nSPS) is 13.0. The number of aromatic nitrogens is 1. The molecule has 0 saturated carbocycles. The summed E-state index contributed by atoms with van der Waals surface area (Å²) in [5.41, 5.74) is 2.54. The number of benzene rings is 3. The van der Waals surface area contributed by atoms with Crippen molar-refractivity contribution in [2.45, 2.75) is 17.9 Å². The minimum absolute atomic E-state index is 0.116. The summed E-state index contributed by atoms with van der Waals surface area (Å²) in [6.07, 6.45) is 2.19. The number of carbonyl (C=O) groups excluding carboxylic acids is 1. The van der Waals surface area contributed by atoms with Gasteiger partial charge in [-0.3, -0.25) is 14.0 Å². The smallest absolute Gasteiger partial charge is 0.264 e. The van der Waals surface area contributed by atoms with Crippen molar-refractivity contribution in [1.82, 2.24) is 4.98 Å². The van der Waals surface area contributed by atoms with E-state index in [0.29, 0.717) is 56.1 Å². The van der Waals surface area contributed by atoms with Crippen LogP contribution in [0.5, 0.6) is 5.75 Å². The molecule has 6 rings (SSSR count). The second-order valence-electron chi connectivity index (χ2n) is 8.87. The van der Waals surface area contributed by atoms with Crippen LogP contribution in [0.3, 0.4) is 0 Å². The van der Waals surface area contributed by atoms with E-state index in [1.807, 2.05) is 24.3 Å². The fourth-order valence-electron chi connectivity index (χ4n) is 4.62. The van der Waals surface area contributed by atoms with E-state index in [4.69, 9.17) is 20.8 Å². The van der Waals surface area contributed by atoms with Crippen molar-refractivity contribution in [3.63, 3.8) is 0 Å². The van der Waals surface area contributed by atoms with Crippen LogP contribution in [0, 0.1) is 0 Å². The van der Waals surface area contributed by atoms with E-state index in [2.05, 4.69) is 4.98 Å². The highest BCUT2D eigenvalue weighted by molar-refractivity contribution is 7.92. The number of thiazole rings is 1. The van der Waals surface area contributed by atoms with Crippen molar-refractivity contribution in [2.24, 2.45) is 0 Å². The molecule has 0 saturated heterocycles. The van der Waals surface area contributed by atoms with Crippen LogP contribution in [0.1, 0.15) is 21.7 Å². The zero-order valence-corrected chi connectivity index (χ0v) is 23.1. The van der Waals surface area contributed by atoms with Gasteiger partial charge in [0.15, 0.2) is 5.13 Å². The Morgan fingerprint density at radius 1 is 1.10 bits per heavy atom. The molecule has 11 heteroatoms. The van der Waals surface area contributed by atoms with Crippen LogP contribution in [0.4, 0.5) is 10.8 Å². The summed E-state index contributed by atoms with van der Waals surface area (Å²) in [4.78, 5) is 20.1. The average molecular weight is 580 g/mol. The molecular formula is C28H22ClN3O5S2. The van der Waals surface area contributed by atoms with E-state index in [1.54, 1.807) is 31.4 Å². The Balaban J connectivity index is 1.34. The lowest BCUT2D eigenvalue weighted by molar-refractivity contribution is 0.0983. The lowest BCUT2D eigenvalue weighted by Crippen LogP contribution is -2.31. The Bertz CT molecular complexity index is 1780. The zero-order chi connectivity index (χ0) is 27.1. The summed E-state index contributed by atoms with van der Waals surface area (Å²) in [7, 11) is -2.24. The number of anilines is 2. The average Bonchev–Trinajstić information content (AvgIpc) is 3.72. The first-order valence-electron chi connectivity index (χ1n) is 12.0. The Morgan fingerprint density at radius 2 is 1.90 bits per heavy atom. The molecule has 0 N–H and O–H groups in total. The van der Waals surface area contributed by atoms with Crippen molar-refractivity contribution in [2.75, 3.05) is 22.9 Å². The summed E-state index contributed by atoms with van der Waals surface area (Å²) in [6, 6.07) is 20.4. The van der Waals surface area contributed by atoms with Crippen LogP contribution in [0.25, 0.3) is 10.2 Å². The van der Waals surface area contributed by atoms with E-state index < -0.39 is 10.0 Å². The lowest BCUT2D eigenvalue weighted by atomic mass is 10.2. The van der Waals surface area contributed by atoms with E-state index in [1.165, 1.54) is 51.1 Å². The van der Waals surface area contributed by atoms with E-state index >= 15 is 0 Å². The van der Waals surface area contributed by atoms with Gasteiger partial charge in [-0.2, -0.15) is 0 Å². The number of amides is 1. The van der Waals surface area contributed by atoms with Crippen molar-refractivity contribution in [3.05, 3.63) is 101 Å². The van der Waals surface area contributed by atoms with Gasteiger partial charge in [-0.25, -0.2) is 13.4 Å². The Hall–Kier alpha value is -3.86. The van der Waals surface area contributed by atoms with Crippen LogP contribution in [-0.4, -0.2) is 33.0 Å². The molecule has 0 fully saturated rings. The number of ether oxygens (including phenoxy) is 1. The van der Waals surface area contributed by atoms with E-state index in [0.717, 1.165) is 5.56 Å². The van der Waals surface area contributed by atoms with Crippen LogP contribution >= 0.6 is 22.9 Å². The lowest BCUT2D eigenvalue weighted by Gasteiger charge is -2.21. The molecule has 0 bridgehead atoms. The Labute approximate surface area is 234 Å². The second kappa shape index (κ2) is 10.0. The Morgan fingerprint density at radius 3 is 2.64 bits per heavy atom. The van der Waals surface area contributed by atoms with Gasteiger partial charge in [0.05, 0.1) is 40.2 Å². The zero-order valence-electron chi connectivity index (χ0n) is 20.7. The van der Waals surface area contributed by atoms with Gasteiger partial charge in [0.25, 0.3) is 15.9 Å². The number of hydrogen-bond acceptors (Lipinski definition) is 7. The molecular weight excluding hydrogens is 558 g/mol. The summed E-state index contributed by atoms with van der Waals surface area (Å²) in [5.74, 6) is 0.740. The molecule has 0 aliphatic carbocycles. The highest BCUT2D eigenvalue weighted by atomic mass is 35.5. The first kappa shape index (κ1) is 25.4. The number of sulfonamides is 1. The largest absolute Gasteiger partial charge is 0.494 e. The summed E-state index contributed by atoms with van der Waals surface area (Å²) >= 11 is 7.68. The fourth-order valence-corrected chi connectivity index (χ4v) is 7.37. The van der Waals surface area contributed by atoms with Crippen LogP contribution < -0.4 is 13.9 Å². The first-order chi connectivity index (χ1) is 18.9.